The summed E-state index contributed by atoms with van der Waals surface area (Å²) >= 11 is 5.05. The van der Waals surface area contributed by atoms with E-state index in [1.54, 1.807) is 0 Å². The van der Waals surface area contributed by atoms with E-state index in [2.05, 4.69) is 10.6 Å². The number of nitrogens with one attached hydrogen (secondary N) is 2. The van der Waals surface area contributed by atoms with Gasteiger partial charge in [0.2, 0.25) is 0 Å². The normalized spacial score (nSPS) is 21.1. The number of methoxy groups -OCH3 is 1. The number of carbonyl (C=O) groups excluding carboxylic acids is 1. The van der Waals surface area contributed by atoms with Gasteiger partial charge in [0, 0.05) is 5.70 Å². The summed E-state index contributed by atoms with van der Waals surface area (Å²) in [5.74, 6) is -0.0391. The maximum atomic E-state index is 11.6. The van der Waals surface area contributed by atoms with Crippen LogP contribution in [0, 0.1) is 5.92 Å². The van der Waals surface area contributed by atoms with Crippen LogP contribution in [-0.4, -0.2) is 24.2 Å². The highest BCUT2D eigenvalue weighted by Gasteiger charge is 2.30. The highest BCUT2D eigenvalue weighted by atomic mass is 32.1. The molecule has 1 aliphatic rings. The van der Waals surface area contributed by atoms with E-state index in [-0.39, 0.29) is 17.9 Å². The Hall–Kier alpha value is -1.10. The molecular formula is C10H16N2O2S. The quantitative estimate of drug-likeness (QED) is 0.544. The largest absolute Gasteiger partial charge is 0.466 e. The minimum absolute atomic E-state index is 0.0776. The third-order valence-corrected chi connectivity index (χ3v) is 2.59. The standard InChI is InChI=1S/C10H16N2O2S/c1-5(2)8-7(9(13)14-4)6(3)11-10(15)12-8/h5,8H,1-4H3,(H2,11,12,15)/t8-/m1/s1. The predicted molar refractivity (Wildman–Crippen MR) is 62.2 cm³/mol. The summed E-state index contributed by atoms with van der Waals surface area (Å²) in [4.78, 5) is 11.6. The number of hydrogen-bond acceptors (Lipinski definition) is 3. The van der Waals surface area contributed by atoms with Crippen molar-refractivity contribution >= 4 is 23.3 Å². The summed E-state index contributed by atoms with van der Waals surface area (Å²) in [5.41, 5.74) is 1.39. The second kappa shape index (κ2) is 4.61. The zero-order valence-electron chi connectivity index (χ0n) is 9.38. The number of allylic oxidation sites excluding steroid dienone is 1. The Bertz CT molecular complexity index is 323. The molecule has 0 spiro atoms. The highest BCUT2D eigenvalue weighted by molar-refractivity contribution is 7.80. The summed E-state index contributed by atoms with van der Waals surface area (Å²) in [7, 11) is 1.38. The van der Waals surface area contributed by atoms with Gasteiger partial charge in [0.25, 0.3) is 0 Å². The molecule has 84 valence electrons. The fourth-order valence-corrected chi connectivity index (χ4v) is 1.89. The molecule has 0 aromatic rings. The highest BCUT2D eigenvalue weighted by Crippen LogP contribution is 2.19. The molecule has 0 aromatic carbocycles. The molecule has 0 saturated heterocycles. The Kier molecular flexibility index (Phi) is 3.68. The molecule has 0 aromatic heterocycles. The first-order chi connectivity index (χ1) is 6.97. The SMILES string of the molecule is COC(=O)C1=C(C)NC(=S)N[C@@H]1C(C)C. The van der Waals surface area contributed by atoms with Crippen molar-refractivity contribution in [3.05, 3.63) is 11.3 Å². The van der Waals surface area contributed by atoms with Crippen LogP contribution in [0.5, 0.6) is 0 Å². The molecule has 2 N–H and O–H groups in total. The van der Waals surface area contributed by atoms with E-state index in [0.717, 1.165) is 5.70 Å². The molecule has 4 nitrogen and oxygen atoms in total. The fourth-order valence-electron chi connectivity index (χ4n) is 1.61. The van der Waals surface area contributed by atoms with Crippen LogP contribution >= 0.6 is 12.2 Å². The van der Waals surface area contributed by atoms with Gasteiger partial charge in [-0.15, -0.1) is 0 Å². The molecule has 0 fully saturated rings. The van der Waals surface area contributed by atoms with Crippen molar-refractivity contribution in [3.8, 4) is 0 Å². The minimum atomic E-state index is -0.311. The summed E-state index contributed by atoms with van der Waals surface area (Å²) in [6.07, 6.45) is 0. The monoisotopic (exact) mass is 228 g/mol. The average Bonchev–Trinajstić information content (AvgIpc) is 2.15. The van der Waals surface area contributed by atoms with E-state index < -0.39 is 0 Å². The maximum Gasteiger partial charge on any atom is 0.337 e. The van der Waals surface area contributed by atoms with Crippen molar-refractivity contribution in [2.45, 2.75) is 26.8 Å². The first kappa shape index (κ1) is 12.0. The van der Waals surface area contributed by atoms with Gasteiger partial charge >= 0.3 is 5.97 Å². The summed E-state index contributed by atoms with van der Waals surface area (Å²) < 4.78 is 4.76. The van der Waals surface area contributed by atoms with Gasteiger partial charge in [-0.2, -0.15) is 0 Å². The van der Waals surface area contributed by atoms with Crippen molar-refractivity contribution in [1.82, 2.24) is 10.6 Å². The summed E-state index contributed by atoms with van der Waals surface area (Å²) in [6, 6.07) is -0.0776. The number of hydrogen-bond donors (Lipinski definition) is 2. The summed E-state index contributed by atoms with van der Waals surface area (Å²) in [6.45, 7) is 5.89. The van der Waals surface area contributed by atoms with Gasteiger partial charge in [-0.1, -0.05) is 13.8 Å². The maximum absolute atomic E-state index is 11.6. The van der Waals surface area contributed by atoms with Gasteiger partial charge in [0.1, 0.15) is 0 Å². The number of ether oxygens (including phenoxy) is 1. The van der Waals surface area contributed by atoms with Crippen LogP contribution in [0.3, 0.4) is 0 Å². The zero-order valence-corrected chi connectivity index (χ0v) is 10.2. The molecule has 1 rings (SSSR count). The van der Waals surface area contributed by atoms with Gasteiger partial charge in [0.15, 0.2) is 5.11 Å². The predicted octanol–water partition coefficient (Wildman–Crippen LogP) is 0.936. The minimum Gasteiger partial charge on any atom is -0.466 e. The molecule has 1 heterocycles. The summed E-state index contributed by atoms with van der Waals surface area (Å²) in [5, 5.41) is 6.56. The first-order valence-corrected chi connectivity index (χ1v) is 5.24. The van der Waals surface area contributed by atoms with Crippen LogP contribution in [0.1, 0.15) is 20.8 Å². The lowest BCUT2D eigenvalue weighted by Gasteiger charge is -2.31. The van der Waals surface area contributed by atoms with Crippen molar-refractivity contribution in [2.24, 2.45) is 5.92 Å². The molecule has 15 heavy (non-hydrogen) atoms. The Morgan fingerprint density at radius 1 is 1.53 bits per heavy atom. The van der Waals surface area contributed by atoms with Crippen molar-refractivity contribution in [2.75, 3.05) is 7.11 Å². The average molecular weight is 228 g/mol. The number of carbonyl (C=O) groups is 1. The number of thiocarbonyl (C=S) groups is 1. The molecule has 0 unspecified atom stereocenters. The van der Waals surface area contributed by atoms with Crippen LogP contribution in [0.15, 0.2) is 11.3 Å². The van der Waals surface area contributed by atoms with Crippen LogP contribution in [0.4, 0.5) is 0 Å². The molecule has 0 amide bonds. The van der Waals surface area contributed by atoms with E-state index in [1.165, 1.54) is 7.11 Å². The third-order valence-electron chi connectivity index (χ3n) is 2.37. The lowest BCUT2D eigenvalue weighted by molar-refractivity contribution is -0.136. The van der Waals surface area contributed by atoms with E-state index in [4.69, 9.17) is 17.0 Å². The smallest absolute Gasteiger partial charge is 0.337 e. The van der Waals surface area contributed by atoms with E-state index in [9.17, 15) is 4.79 Å². The molecule has 0 radical (unpaired) electrons. The van der Waals surface area contributed by atoms with Crippen molar-refractivity contribution in [3.63, 3.8) is 0 Å². The molecule has 0 bridgehead atoms. The van der Waals surface area contributed by atoms with Crippen LogP contribution in [0.25, 0.3) is 0 Å². The molecule has 0 aliphatic carbocycles. The van der Waals surface area contributed by atoms with Crippen LogP contribution < -0.4 is 10.6 Å². The zero-order chi connectivity index (χ0) is 11.6. The van der Waals surface area contributed by atoms with E-state index in [0.29, 0.717) is 10.7 Å². The fraction of sp³-hybridized carbons (Fsp3) is 0.600. The molecule has 1 atom stereocenters. The molecular weight excluding hydrogens is 212 g/mol. The molecule has 1 aliphatic heterocycles. The first-order valence-electron chi connectivity index (χ1n) is 4.84. The van der Waals surface area contributed by atoms with Crippen molar-refractivity contribution in [1.29, 1.82) is 0 Å². The number of esters is 1. The Labute approximate surface area is 95.1 Å². The second-order valence-corrected chi connectivity index (χ2v) is 4.26. The van der Waals surface area contributed by atoms with Gasteiger partial charge in [0.05, 0.1) is 18.7 Å². The van der Waals surface area contributed by atoms with Crippen LogP contribution in [-0.2, 0) is 9.53 Å². The Balaban J connectivity index is 3.08. The lowest BCUT2D eigenvalue weighted by Crippen LogP contribution is -2.51. The van der Waals surface area contributed by atoms with E-state index >= 15 is 0 Å². The number of rotatable bonds is 2. The van der Waals surface area contributed by atoms with Crippen molar-refractivity contribution < 1.29 is 9.53 Å². The van der Waals surface area contributed by atoms with E-state index in [1.807, 2.05) is 20.8 Å². The second-order valence-electron chi connectivity index (χ2n) is 3.85. The van der Waals surface area contributed by atoms with Gasteiger partial charge in [-0.25, -0.2) is 4.79 Å². The molecule has 5 heteroatoms. The third kappa shape index (κ3) is 2.47. The van der Waals surface area contributed by atoms with Gasteiger partial charge < -0.3 is 15.4 Å². The van der Waals surface area contributed by atoms with Crippen LogP contribution in [0.2, 0.25) is 0 Å². The lowest BCUT2D eigenvalue weighted by atomic mass is 9.93. The van der Waals surface area contributed by atoms with Gasteiger partial charge in [-0.05, 0) is 25.1 Å². The topological polar surface area (TPSA) is 50.4 Å². The molecule has 0 saturated carbocycles. The Morgan fingerprint density at radius 2 is 2.13 bits per heavy atom. The van der Waals surface area contributed by atoms with Gasteiger partial charge in [-0.3, -0.25) is 0 Å². The Morgan fingerprint density at radius 3 is 2.60 bits per heavy atom.